The summed E-state index contributed by atoms with van der Waals surface area (Å²) in [6.07, 6.45) is 0.0928. The smallest absolute Gasteiger partial charge is 0.165 e. The van der Waals surface area contributed by atoms with Crippen LogP contribution < -0.4 is 4.89 Å². The minimum Gasteiger partial charge on any atom is -0.337 e. The molecule has 0 saturated heterocycles. The summed E-state index contributed by atoms with van der Waals surface area (Å²) in [5.41, 5.74) is 0. The van der Waals surface area contributed by atoms with Crippen molar-refractivity contribution in [3.05, 3.63) is 30.3 Å². The highest BCUT2D eigenvalue weighted by Gasteiger charge is 1.94. The predicted molar refractivity (Wildman–Crippen MR) is 43.3 cm³/mol. The highest BCUT2D eigenvalue weighted by atomic mass is 17.2. The van der Waals surface area contributed by atoms with E-state index in [0.717, 1.165) is 5.75 Å². The van der Waals surface area contributed by atoms with Gasteiger partial charge < -0.3 is 4.89 Å². The summed E-state index contributed by atoms with van der Waals surface area (Å²) in [5, 5.41) is 0. The third-order valence-electron chi connectivity index (χ3n) is 1.08. The maximum atomic E-state index is 4.97. The summed E-state index contributed by atoms with van der Waals surface area (Å²) < 4.78 is 0. The fraction of sp³-hybridized carbons (Fsp3) is 0.333. The van der Waals surface area contributed by atoms with Crippen molar-refractivity contribution in [2.24, 2.45) is 0 Å². The topological polar surface area (TPSA) is 18.5 Å². The third kappa shape index (κ3) is 3.05. The van der Waals surface area contributed by atoms with Gasteiger partial charge in [0.1, 0.15) is 0 Å². The number of hydrogen-bond donors (Lipinski definition) is 0. The molecule has 0 aliphatic carbocycles. The zero-order valence-corrected chi connectivity index (χ0v) is 6.78. The maximum absolute atomic E-state index is 4.97. The third-order valence-corrected chi connectivity index (χ3v) is 1.08. The second-order valence-corrected chi connectivity index (χ2v) is 2.54. The summed E-state index contributed by atoms with van der Waals surface area (Å²) in [4.78, 5) is 9.90. The SMILES string of the molecule is CC(C)OOc1ccccc1. The van der Waals surface area contributed by atoms with Gasteiger partial charge in [0.2, 0.25) is 0 Å². The van der Waals surface area contributed by atoms with Crippen LogP contribution in [0.1, 0.15) is 13.8 Å². The molecule has 1 rings (SSSR count). The molecule has 2 nitrogen and oxygen atoms in total. The Labute approximate surface area is 66.7 Å². The predicted octanol–water partition coefficient (Wildman–Crippen LogP) is 2.41. The van der Waals surface area contributed by atoms with Crippen LogP contribution in [0.4, 0.5) is 0 Å². The molecule has 0 saturated carbocycles. The Hall–Kier alpha value is -1.02. The molecular weight excluding hydrogens is 140 g/mol. The van der Waals surface area contributed by atoms with Crippen molar-refractivity contribution in [3.8, 4) is 5.75 Å². The molecule has 1 aromatic carbocycles. The van der Waals surface area contributed by atoms with Crippen molar-refractivity contribution < 1.29 is 9.78 Å². The number of para-hydroxylation sites is 1. The van der Waals surface area contributed by atoms with Gasteiger partial charge in [-0.1, -0.05) is 18.2 Å². The molecular formula is C9H12O2. The van der Waals surface area contributed by atoms with Gasteiger partial charge in [-0.2, -0.15) is 4.89 Å². The monoisotopic (exact) mass is 152 g/mol. The van der Waals surface area contributed by atoms with Crippen molar-refractivity contribution in [2.45, 2.75) is 20.0 Å². The number of rotatable bonds is 3. The molecule has 0 aromatic heterocycles. The Kier molecular flexibility index (Phi) is 2.93. The van der Waals surface area contributed by atoms with Crippen molar-refractivity contribution in [3.63, 3.8) is 0 Å². The van der Waals surface area contributed by atoms with Gasteiger partial charge in [-0.25, -0.2) is 0 Å². The van der Waals surface area contributed by atoms with Gasteiger partial charge in [0.25, 0.3) is 0 Å². The van der Waals surface area contributed by atoms with E-state index < -0.39 is 0 Å². The van der Waals surface area contributed by atoms with E-state index >= 15 is 0 Å². The van der Waals surface area contributed by atoms with Gasteiger partial charge in [0.15, 0.2) is 5.75 Å². The van der Waals surface area contributed by atoms with Crippen LogP contribution in [0.15, 0.2) is 30.3 Å². The highest BCUT2D eigenvalue weighted by Crippen LogP contribution is 2.09. The van der Waals surface area contributed by atoms with Crippen LogP contribution in [0.5, 0.6) is 5.75 Å². The first-order valence-electron chi connectivity index (χ1n) is 3.67. The van der Waals surface area contributed by atoms with Crippen LogP contribution in [-0.4, -0.2) is 6.10 Å². The van der Waals surface area contributed by atoms with Crippen LogP contribution in [-0.2, 0) is 4.89 Å². The Morgan fingerprint density at radius 3 is 2.27 bits per heavy atom. The van der Waals surface area contributed by atoms with Crippen molar-refractivity contribution in [1.82, 2.24) is 0 Å². The van der Waals surface area contributed by atoms with Crippen LogP contribution in [0.25, 0.3) is 0 Å². The van der Waals surface area contributed by atoms with Gasteiger partial charge >= 0.3 is 0 Å². The molecule has 0 spiro atoms. The van der Waals surface area contributed by atoms with E-state index in [4.69, 9.17) is 9.78 Å². The average Bonchev–Trinajstić information content (AvgIpc) is 2.03. The minimum atomic E-state index is 0.0928. The molecule has 60 valence electrons. The van der Waals surface area contributed by atoms with Crippen molar-refractivity contribution >= 4 is 0 Å². The first-order valence-corrected chi connectivity index (χ1v) is 3.67. The summed E-state index contributed by atoms with van der Waals surface area (Å²) in [6, 6.07) is 9.44. The van der Waals surface area contributed by atoms with Gasteiger partial charge in [-0.15, -0.1) is 0 Å². The summed E-state index contributed by atoms with van der Waals surface area (Å²) in [6.45, 7) is 3.84. The second-order valence-electron chi connectivity index (χ2n) is 2.54. The Morgan fingerprint density at radius 1 is 1.09 bits per heavy atom. The maximum Gasteiger partial charge on any atom is 0.165 e. The zero-order chi connectivity index (χ0) is 8.10. The lowest BCUT2D eigenvalue weighted by Gasteiger charge is -2.06. The van der Waals surface area contributed by atoms with Crippen LogP contribution in [0.2, 0.25) is 0 Å². The van der Waals surface area contributed by atoms with E-state index in [-0.39, 0.29) is 6.10 Å². The quantitative estimate of drug-likeness (QED) is 0.489. The molecule has 0 heterocycles. The molecule has 0 unspecified atom stereocenters. The summed E-state index contributed by atoms with van der Waals surface area (Å²) in [5.74, 6) is 0.737. The van der Waals surface area contributed by atoms with Crippen LogP contribution in [0, 0.1) is 0 Å². The molecule has 11 heavy (non-hydrogen) atoms. The minimum absolute atomic E-state index is 0.0928. The van der Waals surface area contributed by atoms with E-state index in [0.29, 0.717) is 0 Å². The molecule has 0 N–H and O–H groups in total. The van der Waals surface area contributed by atoms with E-state index in [1.54, 1.807) is 0 Å². The molecule has 0 atom stereocenters. The molecule has 1 aromatic rings. The first-order chi connectivity index (χ1) is 5.29. The Bertz CT molecular complexity index is 194. The Balaban J connectivity index is 2.39. The number of hydrogen-bond acceptors (Lipinski definition) is 2. The second kappa shape index (κ2) is 3.98. The molecule has 0 amide bonds. The van der Waals surface area contributed by atoms with Gasteiger partial charge in [-0.3, -0.25) is 0 Å². The average molecular weight is 152 g/mol. The summed E-state index contributed by atoms with van der Waals surface area (Å²) in [7, 11) is 0. The lowest BCUT2D eigenvalue weighted by Crippen LogP contribution is -2.05. The summed E-state index contributed by atoms with van der Waals surface area (Å²) >= 11 is 0. The number of benzene rings is 1. The zero-order valence-electron chi connectivity index (χ0n) is 6.78. The van der Waals surface area contributed by atoms with E-state index in [1.807, 2.05) is 44.2 Å². The standard InChI is InChI=1S/C9H12O2/c1-8(2)10-11-9-6-4-3-5-7-9/h3-8H,1-2H3. The molecule has 0 aliphatic heterocycles. The largest absolute Gasteiger partial charge is 0.337 e. The first kappa shape index (κ1) is 8.08. The molecule has 0 radical (unpaired) electrons. The van der Waals surface area contributed by atoms with E-state index in [2.05, 4.69) is 0 Å². The van der Waals surface area contributed by atoms with E-state index in [9.17, 15) is 0 Å². The van der Waals surface area contributed by atoms with Gasteiger partial charge in [0.05, 0.1) is 6.10 Å². The van der Waals surface area contributed by atoms with Crippen LogP contribution in [0.3, 0.4) is 0 Å². The fourth-order valence-electron chi connectivity index (χ4n) is 0.628. The molecule has 0 bridgehead atoms. The van der Waals surface area contributed by atoms with Crippen molar-refractivity contribution in [1.29, 1.82) is 0 Å². The fourth-order valence-corrected chi connectivity index (χ4v) is 0.628. The lowest BCUT2D eigenvalue weighted by molar-refractivity contribution is -0.234. The van der Waals surface area contributed by atoms with E-state index in [1.165, 1.54) is 0 Å². The lowest BCUT2D eigenvalue weighted by atomic mass is 10.3. The molecule has 0 aliphatic rings. The Morgan fingerprint density at radius 2 is 1.73 bits per heavy atom. The highest BCUT2D eigenvalue weighted by molar-refractivity contribution is 5.20. The molecule has 0 fully saturated rings. The normalized spacial score (nSPS) is 10.1. The van der Waals surface area contributed by atoms with Crippen LogP contribution >= 0.6 is 0 Å². The van der Waals surface area contributed by atoms with Gasteiger partial charge in [-0.05, 0) is 26.0 Å². The van der Waals surface area contributed by atoms with Gasteiger partial charge in [0, 0.05) is 0 Å². The van der Waals surface area contributed by atoms with Crippen molar-refractivity contribution in [2.75, 3.05) is 0 Å². The molecule has 2 heteroatoms.